The van der Waals surface area contributed by atoms with Crippen LogP contribution >= 0.6 is 0 Å². The van der Waals surface area contributed by atoms with Crippen LogP contribution in [0.3, 0.4) is 0 Å². The minimum Gasteiger partial charge on any atom is -0.303 e. The molecule has 2 heteroatoms. The number of hydrogen-bond acceptors (Lipinski definition) is 2. The van der Waals surface area contributed by atoms with Gasteiger partial charge in [0.15, 0.2) is 0 Å². The lowest BCUT2D eigenvalue weighted by molar-refractivity contribution is 0.101. The molecule has 2 heterocycles. The summed E-state index contributed by atoms with van der Waals surface area (Å²) >= 11 is 0. The van der Waals surface area contributed by atoms with Gasteiger partial charge in [-0.25, -0.2) is 0 Å². The van der Waals surface area contributed by atoms with Crippen molar-refractivity contribution in [3.63, 3.8) is 0 Å². The van der Waals surface area contributed by atoms with Gasteiger partial charge in [-0.3, -0.25) is 0 Å². The van der Waals surface area contributed by atoms with Crippen LogP contribution in [0.1, 0.15) is 60.8 Å². The van der Waals surface area contributed by atoms with Gasteiger partial charge in [0.1, 0.15) is 0 Å². The first kappa shape index (κ1) is 18.0. The zero-order valence-electron chi connectivity index (χ0n) is 14.9. The van der Waals surface area contributed by atoms with Gasteiger partial charge in [-0.1, -0.05) is 41.5 Å². The van der Waals surface area contributed by atoms with Crippen LogP contribution in [0.2, 0.25) is 0 Å². The summed E-state index contributed by atoms with van der Waals surface area (Å²) in [5, 5.41) is 0. The predicted molar refractivity (Wildman–Crippen MR) is 90.2 cm³/mol. The first-order chi connectivity index (χ1) is 9.49. The molecule has 0 aromatic carbocycles. The van der Waals surface area contributed by atoms with Crippen LogP contribution < -0.4 is 0 Å². The molecule has 0 aliphatic carbocycles. The minimum absolute atomic E-state index is 0.512. The lowest BCUT2D eigenvalue weighted by Crippen LogP contribution is -2.40. The van der Waals surface area contributed by atoms with Crippen LogP contribution in [0.5, 0.6) is 0 Å². The molecule has 0 saturated carbocycles. The van der Waals surface area contributed by atoms with Crippen molar-refractivity contribution in [2.45, 2.75) is 60.8 Å². The summed E-state index contributed by atoms with van der Waals surface area (Å²) < 4.78 is 0. The highest BCUT2D eigenvalue weighted by atomic mass is 15.2. The van der Waals surface area contributed by atoms with Crippen molar-refractivity contribution in [1.82, 2.24) is 9.80 Å². The van der Waals surface area contributed by atoms with Gasteiger partial charge in [0.2, 0.25) is 0 Å². The number of likely N-dealkylation sites (tertiary alicyclic amines) is 2. The van der Waals surface area contributed by atoms with E-state index in [-0.39, 0.29) is 0 Å². The minimum atomic E-state index is 0.512. The van der Waals surface area contributed by atoms with Crippen LogP contribution in [-0.4, -0.2) is 49.1 Å². The Morgan fingerprint density at radius 1 is 0.900 bits per heavy atom. The van der Waals surface area contributed by atoms with E-state index in [0.717, 1.165) is 11.8 Å². The highest BCUT2D eigenvalue weighted by Gasteiger charge is 2.30. The van der Waals surface area contributed by atoms with E-state index < -0.39 is 0 Å². The molecular weight excluding hydrogens is 244 g/mol. The standard InChI is InChI=1S/C16H32N2.C2H6/c1-5-17-9-6-14(12-17)13-18-10-7-15(8-11-18)16(2,3)4;1-2/h14-15H,5-13H2,1-4H3;1-2H3. The van der Waals surface area contributed by atoms with Crippen LogP contribution in [-0.2, 0) is 0 Å². The monoisotopic (exact) mass is 282 g/mol. The maximum atomic E-state index is 2.73. The molecule has 2 rings (SSSR count). The predicted octanol–water partition coefficient (Wildman–Crippen LogP) is 4.11. The quantitative estimate of drug-likeness (QED) is 0.768. The SMILES string of the molecule is CC.CCN1CCC(CN2CCC(C(C)(C)C)CC2)C1. The fourth-order valence-electron chi connectivity index (χ4n) is 3.70. The molecule has 2 nitrogen and oxygen atoms in total. The number of piperidine rings is 1. The Morgan fingerprint density at radius 3 is 1.90 bits per heavy atom. The van der Waals surface area contributed by atoms with Gasteiger partial charge < -0.3 is 9.80 Å². The Labute approximate surface area is 127 Å². The second kappa shape index (κ2) is 8.38. The second-order valence-electron chi connectivity index (χ2n) is 7.49. The topological polar surface area (TPSA) is 6.48 Å². The molecule has 0 N–H and O–H groups in total. The van der Waals surface area contributed by atoms with E-state index in [1.807, 2.05) is 13.8 Å². The van der Waals surface area contributed by atoms with Crippen LogP contribution in [0, 0.1) is 17.3 Å². The van der Waals surface area contributed by atoms with E-state index in [2.05, 4.69) is 37.5 Å². The van der Waals surface area contributed by atoms with Crippen molar-refractivity contribution in [2.75, 3.05) is 39.3 Å². The maximum absolute atomic E-state index is 2.73. The normalized spacial score (nSPS) is 26.4. The Balaban J connectivity index is 0.000000956. The molecule has 0 aromatic rings. The van der Waals surface area contributed by atoms with E-state index in [1.165, 1.54) is 58.5 Å². The van der Waals surface area contributed by atoms with Crippen molar-refractivity contribution >= 4 is 0 Å². The number of rotatable bonds is 3. The molecule has 2 aliphatic rings. The molecular formula is C18H38N2. The summed E-state index contributed by atoms with van der Waals surface area (Å²) in [4.78, 5) is 5.33. The van der Waals surface area contributed by atoms with E-state index >= 15 is 0 Å². The van der Waals surface area contributed by atoms with Gasteiger partial charge in [0, 0.05) is 13.1 Å². The van der Waals surface area contributed by atoms with Gasteiger partial charge in [-0.15, -0.1) is 0 Å². The summed E-state index contributed by atoms with van der Waals surface area (Å²) in [7, 11) is 0. The maximum Gasteiger partial charge on any atom is 0.00224 e. The Kier molecular flexibility index (Phi) is 7.53. The fraction of sp³-hybridized carbons (Fsp3) is 1.00. The molecule has 2 fully saturated rings. The van der Waals surface area contributed by atoms with Gasteiger partial charge in [-0.2, -0.15) is 0 Å². The first-order valence-electron chi connectivity index (χ1n) is 8.93. The number of hydrogen-bond donors (Lipinski definition) is 0. The molecule has 0 radical (unpaired) electrons. The van der Waals surface area contributed by atoms with E-state index in [0.29, 0.717) is 5.41 Å². The largest absolute Gasteiger partial charge is 0.303 e. The zero-order chi connectivity index (χ0) is 15.2. The van der Waals surface area contributed by atoms with Gasteiger partial charge >= 0.3 is 0 Å². The Hall–Kier alpha value is -0.0800. The molecule has 2 saturated heterocycles. The van der Waals surface area contributed by atoms with E-state index in [9.17, 15) is 0 Å². The third-order valence-corrected chi connectivity index (χ3v) is 5.15. The summed E-state index contributed by atoms with van der Waals surface area (Å²) in [5.74, 6) is 1.88. The smallest absolute Gasteiger partial charge is 0.00224 e. The first-order valence-corrected chi connectivity index (χ1v) is 8.93. The van der Waals surface area contributed by atoms with Gasteiger partial charge in [-0.05, 0) is 62.7 Å². The van der Waals surface area contributed by atoms with Gasteiger partial charge in [0.25, 0.3) is 0 Å². The Bertz CT molecular complexity index is 249. The van der Waals surface area contributed by atoms with Crippen molar-refractivity contribution in [2.24, 2.45) is 17.3 Å². The average Bonchev–Trinajstić information content (AvgIpc) is 2.88. The third kappa shape index (κ3) is 5.37. The molecule has 1 atom stereocenters. The summed E-state index contributed by atoms with van der Waals surface area (Å²) in [6, 6.07) is 0. The van der Waals surface area contributed by atoms with Crippen LogP contribution in [0.4, 0.5) is 0 Å². The zero-order valence-corrected chi connectivity index (χ0v) is 14.9. The number of nitrogens with zero attached hydrogens (tertiary/aromatic N) is 2. The van der Waals surface area contributed by atoms with E-state index in [1.54, 1.807) is 0 Å². The van der Waals surface area contributed by atoms with Crippen molar-refractivity contribution < 1.29 is 0 Å². The molecule has 1 unspecified atom stereocenters. The Morgan fingerprint density at radius 2 is 1.45 bits per heavy atom. The molecule has 120 valence electrons. The molecule has 0 bridgehead atoms. The summed E-state index contributed by atoms with van der Waals surface area (Å²) in [6.45, 7) is 21.5. The highest BCUT2D eigenvalue weighted by molar-refractivity contribution is 4.83. The molecule has 0 aromatic heterocycles. The molecule has 20 heavy (non-hydrogen) atoms. The summed E-state index contributed by atoms with van der Waals surface area (Å²) in [5.41, 5.74) is 0.512. The molecule has 0 amide bonds. The van der Waals surface area contributed by atoms with Crippen LogP contribution in [0.25, 0.3) is 0 Å². The average molecular weight is 283 g/mol. The summed E-state index contributed by atoms with van der Waals surface area (Å²) in [6.07, 6.45) is 4.24. The van der Waals surface area contributed by atoms with Gasteiger partial charge in [0.05, 0.1) is 0 Å². The van der Waals surface area contributed by atoms with Crippen molar-refractivity contribution in [3.8, 4) is 0 Å². The lowest BCUT2D eigenvalue weighted by Gasteiger charge is -2.39. The van der Waals surface area contributed by atoms with Crippen LogP contribution in [0.15, 0.2) is 0 Å². The van der Waals surface area contributed by atoms with E-state index in [4.69, 9.17) is 0 Å². The lowest BCUT2D eigenvalue weighted by atomic mass is 9.75. The molecule has 0 spiro atoms. The molecule has 2 aliphatic heterocycles. The third-order valence-electron chi connectivity index (χ3n) is 5.15. The van der Waals surface area contributed by atoms with Crippen molar-refractivity contribution in [1.29, 1.82) is 0 Å². The second-order valence-corrected chi connectivity index (χ2v) is 7.49. The van der Waals surface area contributed by atoms with Crippen molar-refractivity contribution in [3.05, 3.63) is 0 Å². The fourth-order valence-corrected chi connectivity index (χ4v) is 3.70. The highest BCUT2D eigenvalue weighted by Crippen LogP contribution is 2.34.